The number of rotatable bonds is 11. The largest absolute Gasteiger partial charge is 0.466 e. The molecule has 1 N–H and O–H groups in total. The summed E-state index contributed by atoms with van der Waals surface area (Å²) in [7, 11) is 1.44. The van der Waals surface area contributed by atoms with Crippen LogP contribution in [-0.4, -0.2) is 50.9 Å². The van der Waals surface area contributed by atoms with Crippen molar-refractivity contribution in [2.24, 2.45) is 0 Å². The number of esters is 1. The van der Waals surface area contributed by atoms with Crippen molar-refractivity contribution in [3.05, 3.63) is 173 Å². The third-order valence-corrected chi connectivity index (χ3v) is 9.46. The Hall–Kier alpha value is -5.86. The van der Waals surface area contributed by atoms with Crippen LogP contribution in [0.25, 0.3) is 22.5 Å². The van der Waals surface area contributed by atoms with E-state index in [9.17, 15) is 4.79 Å². The zero-order valence-electron chi connectivity index (χ0n) is 28.5. The van der Waals surface area contributed by atoms with Crippen LogP contribution < -0.4 is 5.43 Å². The van der Waals surface area contributed by atoms with Gasteiger partial charge >= 0.3 is 5.97 Å². The van der Waals surface area contributed by atoms with Crippen LogP contribution in [0.2, 0.25) is 0 Å². The molecule has 5 aromatic carbocycles. The van der Waals surface area contributed by atoms with Gasteiger partial charge in [0.15, 0.2) is 5.54 Å². The first-order valence-electron chi connectivity index (χ1n) is 17.0. The predicted molar refractivity (Wildman–Crippen MR) is 196 cm³/mol. The highest BCUT2D eigenvalue weighted by Gasteiger charge is 2.41. The number of aromatic nitrogens is 4. The Kier molecular flexibility index (Phi) is 9.36. The Morgan fingerprint density at radius 3 is 1.84 bits per heavy atom. The molecule has 7 rings (SSSR count). The number of methoxy groups -OCH3 is 1. The Morgan fingerprint density at radius 2 is 1.30 bits per heavy atom. The first-order valence-corrected chi connectivity index (χ1v) is 17.0. The number of nitrogens with zero attached hydrogens (tertiary/aromatic N) is 5. The van der Waals surface area contributed by atoms with Gasteiger partial charge in [0.25, 0.3) is 0 Å². The first-order chi connectivity index (χ1) is 24.5. The Morgan fingerprint density at radius 1 is 0.760 bits per heavy atom. The number of hydrazine groups is 1. The second kappa shape index (κ2) is 14.3. The van der Waals surface area contributed by atoms with E-state index < -0.39 is 5.54 Å². The molecule has 250 valence electrons. The minimum atomic E-state index is -0.859. The molecule has 1 aromatic heterocycles. The van der Waals surface area contributed by atoms with Crippen molar-refractivity contribution in [2.75, 3.05) is 13.7 Å². The van der Waals surface area contributed by atoms with Crippen molar-refractivity contribution >= 4 is 5.97 Å². The molecule has 1 atom stereocenters. The molecule has 6 aromatic rings. The number of nitrogens with one attached hydrogen (secondary N) is 1. The standard InChI is InChI=1S/C42H40N6O2/c1-4-28-47-30(2)39(41(49)50-3)38(44-47)29-31-24-26-32(27-25-31)36-22-14-15-23-37(36)40-43-46-48(45-40)42(33-16-8-5-9-17-33,34-18-10-6-11-19-34)35-20-12-7-13-21-35/h5-27,30,44H,4,28-29H2,1-3H3. The maximum absolute atomic E-state index is 12.7. The quantitative estimate of drug-likeness (QED) is 0.114. The first kappa shape index (κ1) is 32.7. The molecule has 0 saturated carbocycles. The number of benzene rings is 5. The third-order valence-electron chi connectivity index (χ3n) is 9.46. The number of allylic oxidation sites excluding steroid dienone is 1. The van der Waals surface area contributed by atoms with Gasteiger partial charge in [-0.25, -0.2) is 9.80 Å². The van der Waals surface area contributed by atoms with Crippen LogP contribution in [0.3, 0.4) is 0 Å². The number of carbonyl (C=O) groups excluding carboxylic acids is 1. The zero-order chi connectivity index (χ0) is 34.5. The molecule has 0 radical (unpaired) electrons. The summed E-state index contributed by atoms with van der Waals surface area (Å²) >= 11 is 0. The van der Waals surface area contributed by atoms with Gasteiger partial charge in [-0.15, -0.1) is 15.0 Å². The van der Waals surface area contributed by atoms with Gasteiger partial charge < -0.3 is 10.2 Å². The highest BCUT2D eigenvalue weighted by atomic mass is 16.5. The third kappa shape index (κ3) is 5.99. The number of ether oxygens (including phenoxy) is 1. The smallest absolute Gasteiger partial charge is 0.337 e. The lowest BCUT2D eigenvalue weighted by Gasteiger charge is -2.34. The van der Waals surface area contributed by atoms with E-state index in [4.69, 9.17) is 20.1 Å². The summed E-state index contributed by atoms with van der Waals surface area (Å²) in [6.45, 7) is 5.00. The lowest BCUT2D eigenvalue weighted by atomic mass is 9.77. The summed E-state index contributed by atoms with van der Waals surface area (Å²) in [5.74, 6) is 0.241. The topological polar surface area (TPSA) is 85.2 Å². The lowest BCUT2D eigenvalue weighted by Crippen LogP contribution is -2.39. The molecule has 0 fully saturated rings. The highest BCUT2D eigenvalue weighted by molar-refractivity contribution is 5.91. The summed E-state index contributed by atoms with van der Waals surface area (Å²) in [4.78, 5) is 14.5. The molecule has 0 aliphatic carbocycles. The minimum absolute atomic E-state index is 0.0612. The van der Waals surface area contributed by atoms with Gasteiger partial charge in [0.2, 0.25) is 5.82 Å². The predicted octanol–water partition coefficient (Wildman–Crippen LogP) is 7.44. The van der Waals surface area contributed by atoms with Crippen molar-refractivity contribution in [3.8, 4) is 22.5 Å². The molecule has 1 aliphatic rings. The monoisotopic (exact) mass is 660 g/mol. The van der Waals surface area contributed by atoms with Crippen LogP contribution in [0.5, 0.6) is 0 Å². The molecule has 1 unspecified atom stereocenters. The second-order valence-corrected chi connectivity index (χ2v) is 12.5. The highest BCUT2D eigenvalue weighted by Crippen LogP contribution is 2.40. The molecular formula is C42H40N6O2. The van der Waals surface area contributed by atoms with Gasteiger partial charge in [0, 0.05) is 24.2 Å². The van der Waals surface area contributed by atoms with Gasteiger partial charge in [-0.05, 0) is 51.9 Å². The van der Waals surface area contributed by atoms with Gasteiger partial charge in [-0.2, -0.15) is 0 Å². The summed E-state index contributed by atoms with van der Waals surface area (Å²) in [5.41, 5.74) is 11.3. The molecule has 2 heterocycles. The Labute approximate surface area is 293 Å². The summed E-state index contributed by atoms with van der Waals surface area (Å²) in [6.07, 6.45) is 1.56. The van der Waals surface area contributed by atoms with E-state index in [0.717, 1.165) is 57.6 Å². The van der Waals surface area contributed by atoms with Gasteiger partial charge in [-0.3, -0.25) is 0 Å². The van der Waals surface area contributed by atoms with Gasteiger partial charge in [0.1, 0.15) is 0 Å². The normalized spacial score (nSPS) is 14.8. The maximum atomic E-state index is 12.7. The summed E-state index contributed by atoms with van der Waals surface area (Å²) < 4.78 is 5.15. The van der Waals surface area contributed by atoms with Crippen molar-refractivity contribution in [1.82, 2.24) is 30.6 Å². The lowest BCUT2D eigenvalue weighted by molar-refractivity contribution is -0.136. The molecule has 8 heteroatoms. The fourth-order valence-corrected chi connectivity index (χ4v) is 7.05. The molecule has 50 heavy (non-hydrogen) atoms. The Bertz CT molecular complexity index is 2000. The maximum Gasteiger partial charge on any atom is 0.337 e. The summed E-state index contributed by atoms with van der Waals surface area (Å²) in [5, 5.41) is 16.7. The van der Waals surface area contributed by atoms with E-state index in [2.05, 4.69) is 84.1 Å². The SMILES string of the molecule is CCCN1NC(Cc2ccc(-c3ccccc3-c3nnn(C(c4ccccc4)(c4ccccc4)c4ccccc4)n3)cc2)=C(C(=O)OC)C1C. The van der Waals surface area contributed by atoms with Gasteiger partial charge in [-0.1, -0.05) is 146 Å². The molecule has 0 spiro atoms. The molecule has 0 amide bonds. The summed E-state index contributed by atoms with van der Waals surface area (Å²) in [6, 6.07) is 47.6. The van der Waals surface area contributed by atoms with E-state index in [0.29, 0.717) is 17.8 Å². The average molecular weight is 661 g/mol. The molecule has 0 saturated heterocycles. The van der Waals surface area contributed by atoms with Crippen LogP contribution in [0.15, 0.2) is 151 Å². The molecule has 1 aliphatic heterocycles. The second-order valence-electron chi connectivity index (χ2n) is 12.5. The van der Waals surface area contributed by atoms with Crippen molar-refractivity contribution < 1.29 is 9.53 Å². The molecular weight excluding hydrogens is 621 g/mol. The fraction of sp³-hybridized carbons (Fsp3) is 0.190. The van der Waals surface area contributed by atoms with E-state index in [1.54, 1.807) is 4.80 Å². The number of hydrogen-bond acceptors (Lipinski definition) is 7. The Balaban J connectivity index is 1.26. The van der Waals surface area contributed by atoms with Crippen molar-refractivity contribution in [2.45, 2.75) is 38.3 Å². The van der Waals surface area contributed by atoms with Crippen LogP contribution in [-0.2, 0) is 21.5 Å². The number of carbonyl (C=O) groups is 1. The van der Waals surface area contributed by atoms with Crippen molar-refractivity contribution in [3.63, 3.8) is 0 Å². The zero-order valence-corrected chi connectivity index (χ0v) is 28.5. The molecule has 8 nitrogen and oxygen atoms in total. The van der Waals surface area contributed by atoms with Crippen molar-refractivity contribution in [1.29, 1.82) is 0 Å². The van der Waals surface area contributed by atoms with E-state index in [-0.39, 0.29) is 12.0 Å². The number of hydrogen-bond donors (Lipinski definition) is 1. The average Bonchev–Trinajstić information content (AvgIpc) is 3.78. The fourth-order valence-electron chi connectivity index (χ4n) is 7.05. The van der Waals surface area contributed by atoms with E-state index in [1.165, 1.54) is 7.11 Å². The van der Waals surface area contributed by atoms with Gasteiger partial charge in [0.05, 0.1) is 18.7 Å². The number of tetrazole rings is 1. The van der Waals surface area contributed by atoms with Crippen LogP contribution in [0.4, 0.5) is 0 Å². The van der Waals surface area contributed by atoms with Crippen LogP contribution >= 0.6 is 0 Å². The van der Waals surface area contributed by atoms with E-state index >= 15 is 0 Å². The van der Waals surface area contributed by atoms with Crippen LogP contribution in [0, 0.1) is 0 Å². The molecule has 0 bridgehead atoms. The minimum Gasteiger partial charge on any atom is -0.466 e. The van der Waals surface area contributed by atoms with Crippen LogP contribution in [0.1, 0.15) is 42.5 Å². The van der Waals surface area contributed by atoms with E-state index in [1.807, 2.05) is 79.7 Å².